The van der Waals surface area contributed by atoms with E-state index in [2.05, 4.69) is 17.3 Å². The fraction of sp³-hybridized carbons (Fsp3) is 1.00. The predicted octanol–water partition coefficient (Wildman–Crippen LogP) is 4.74. The highest BCUT2D eigenvalue weighted by molar-refractivity contribution is 7.47. The molecule has 0 saturated carbocycles. The van der Waals surface area contributed by atoms with Crippen molar-refractivity contribution in [3.05, 3.63) is 0 Å². The lowest BCUT2D eigenvalue weighted by atomic mass is 10.8. The van der Waals surface area contributed by atoms with Crippen molar-refractivity contribution in [3.8, 4) is 0 Å². The number of halogens is 5. The molecular weight excluding hydrogens is 494 g/mol. The molecule has 0 aromatic heterocycles. The molecule has 3 N–H and O–H groups in total. The number of hydrogen-bond acceptors (Lipinski definition) is 4. The van der Waals surface area contributed by atoms with E-state index in [0.717, 1.165) is 25.2 Å². The predicted molar refractivity (Wildman–Crippen MR) is 124 cm³/mol. The van der Waals surface area contributed by atoms with Crippen molar-refractivity contribution < 1.29 is 9.53 Å². The Morgan fingerprint density at radius 1 is 1.08 bits per heavy atom. The van der Waals surface area contributed by atoms with Gasteiger partial charge in [0.05, 0.1) is 6.61 Å². The van der Waals surface area contributed by atoms with Gasteiger partial charge in [-0.1, -0.05) is 0 Å². The highest BCUT2D eigenvalue weighted by Gasteiger charge is 2.56. The standard InChI is InChI=1S/C6H14ClNOSi2.C4H10Cl4Si2.C2H7NO/c1-10(7)5-6-11(2)8(10)3-4-9-11;1-9(5,6)3-4-10(2,7)8;3-1-2-4/h3-6H2,1-2H3;3-4H2,1-2H3;4H,1-3H2. The fourth-order valence-corrected chi connectivity index (χ4v) is 23.2. The van der Waals surface area contributed by atoms with E-state index in [1.54, 1.807) is 0 Å². The molecule has 0 spiro atoms. The quantitative estimate of drug-likeness (QED) is 0.412. The van der Waals surface area contributed by atoms with Crippen LogP contribution in [0.2, 0.25) is 50.4 Å². The van der Waals surface area contributed by atoms with Crippen molar-refractivity contribution in [2.45, 2.75) is 50.4 Å². The van der Waals surface area contributed by atoms with E-state index in [0.29, 0.717) is 6.54 Å². The Morgan fingerprint density at radius 3 is 1.84 bits per heavy atom. The third kappa shape index (κ3) is 11.7. The van der Waals surface area contributed by atoms with Crippen molar-refractivity contribution >= 4 is 84.8 Å². The van der Waals surface area contributed by atoms with Crippen LogP contribution >= 0.6 is 55.4 Å². The Hall–Kier alpha value is 2.16. The second-order valence-electron chi connectivity index (χ2n) is 6.97. The largest absolute Gasteiger partial charge is 0.402 e. The lowest BCUT2D eigenvalue weighted by Gasteiger charge is -2.29. The van der Waals surface area contributed by atoms with E-state index in [1.165, 1.54) is 12.1 Å². The van der Waals surface area contributed by atoms with Crippen LogP contribution in [0.25, 0.3) is 0 Å². The van der Waals surface area contributed by atoms with Gasteiger partial charge >= 0.3 is 0 Å². The van der Waals surface area contributed by atoms with Crippen LogP contribution < -0.4 is 5.73 Å². The van der Waals surface area contributed by atoms with Crippen LogP contribution in [0.15, 0.2) is 0 Å². The van der Waals surface area contributed by atoms with Gasteiger partial charge in [-0.2, -0.15) is 0 Å². The Bertz CT molecular complexity index is 383. The van der Waals surface area contributed by atoms with Gasteiger partial charge in [0.15, 0.2) is 0 Å². The zero-order chi connectivity index (χ0) is 19.9. The van der Waals surface area contributed by atoms with Crippen molar-refractivity contribution in [2.75, 3.05) is 26.3 Å². The molecule has 0 radical (unpaired) electrons. The van der Waals surface area contributed by atoms with Crippen LogP contribution in [0.4, 0.5) is 0 Å². The fourth-order valence-electron chi connectivity index (χ4n) is 2.64. The van der Waals surface area contributed by atoms with Crippen LogP contribution in [-0.2, 0) is 4.43 Å². The van der Waals surface area contributed by atoms with Crippen molar-refractivity contribution in [3.63, 3.8) is 0 Å². The molecule has 2 aliphatic rings. The number of hydrogen-bond donors (Lipinski definition) is 2. The summed E-state index contributed by atoms with van der Waals surface area (Å²) in [6, 6.07) is 4.09. The topological polar surface area (TPSA) is 58.7 Å². The molecule has 2 fully saturated rings. The first-order valence-electron chi connectivity index (χ1n) is 8.34. The molecule has 2 unspecified atom stereocenters. The van der Waals surface area contributed by atoms with Gasteiger partial charge in [-0.15, -0.1) is 55.4 Å². The van der Waals surface area contributed by atoms with E-state index in [1.807, 2.05) is 13.1 Å². The maximum Gasteiger partial charge on any atom is 0.262 e. The third-order valence-electron chi connectivity index (χ3n) is 4.04. The van der Waals surface area contributed by atoms with Gasteiger partial charge in [-0.25, -0.2) is 0 Å². The summed E-state index contributed by atoms with van der Waals surface area (Å²) in [7, 11) is -2.92. The van der Waals surface area contributed by atoms with Crippen LogP contribution in [0, 0.1) is 0 Å². The molecule has 0 amide bonds. The third-order valence-corrected chi connectivity index (χ3v) is 19.9. The first-order chi connectivity index (χ1) is 11.2. The highest BCUT2D eigenvalue weighted by atomic mass is 35.7. The van der Waals surface area contributed by atoms with E-state index in [4.69, 9.17) is 70.7 Å². The Morgan fingerprint density at radius 2 is 1.52 bits per heavy atom. The number of aliphatic hydroxyl groups is 1. The first-order valence-corrected chi connectivity index (χ1v) is 24.0. The Labute approximate surface area is 180 Å². The van der Waals surface area contributed by atoms with E-state index in [-0.39, 0.29) is 6.61 Å². The second-order valence-corrected chi connectivity index (χ2v) is 33.3. The van der Waals surface area contributed by atoms with Gasteiger partial charge < -0.3 is 19.5 Å². The summed E-state index contributed by atoms with van der Waals surface area (Å²) in [4.78, 5) is 0. The smallest absolute Gasteiger partial charge is 0.262 e. The number of nitrogens with two attached hydrogens (primary N) is 1. The van der Waals surface area contributed by atoms with Crippen LogP contribution in [0.5, 0.6) is 0 Å². The number of aliphatic hydroxyl groups excluding tert-OH is 1. The monoisotopic (exact) mass is 522 g/mol. The summed E-state index contributed by atoms with van der Waals surface area (Å²) in [5.41, 5.74) is 4.78. The molecule has 0 aliphatic carbocycles. The van der Waals surface area contributed by atoms with Gasteiger partial charge in [0.1, 0.15) is 0 Å². The molecule has 25 heavy (non-hydrogen) atoms. The van der Waals surface area contributed by atoms with Gasteiger partial charge in [0.25, 0.3) is 8.48 Å². The molecule has 4 nitrogen and oxygen atoms in total. The molecule has 2 heterocycles. The Balaban J connectivity index is 0.000000384. The summed E-state index contributed by atoms with van der Waals surface area (Å²) in [6.45, 7) is 6.91. The molecule has 0 bridgehead atoms. The number of nitrogens with zero attached hydrogens (tertiary/aromatic N) is 1. The summed E-state index contributed by atoms with van der Waals surface area (Å²) >= 11 is 29.9. The zero-order valence-corrected chi connectivity index (χ0v) is 23.2. The first kappa shape index (κ1) is 27.2. The lowest BCUT2D eigenvalue weighted by molar-refractivity contribution is 0.306. The van der Waals surface area contributed by atoms with Gasteiger partial charge in [0, 0.05) is 19.7 Å². The molecule has 13 heteroatoms. The van der Waals surface area contributed by atoms with Gasteiger partial charge in [-0.3, -0.25) is 0 Å². The van der Waals surface area contributed by atoms with Gasteiger partial charge in [0.2, 0.25) is 20.9 Å². The van der Waals surface area contributed by atoms with Crippen LogP contribution in [0.1, 0.15) is 0 Å². The second kappa shape index (κ2) is 11.4. The normalized spacial score (nSPS) is 29.4. The molecule has 2 saturated heterocycles. The maximum absolute atomic E-state index is 7.75. The summed E-state index contributed by atoms with van der Waals surface area (Å²) < 4.78 is 8.36. The molecule has 2 aliphatic heterocycles. The van der Waals surface area contributed by atoms with Crippen LogP contribution in [-0.4, -0.2) is 65.1 Å². The van der Waals surface area contributed by atoms with Crippen molar-refractivity contribution in [2.24, 2.45) is 5.73 Å². The molecule has 0 aromatic rings. The summed E-state index contributed by atoms with van der Waals surface area (Å²) in [6.07, 6.45) is 0. The minimum Gasteiger partial charge on any atom is -0.402 e. The summed E-state index contributed by atoms with van der Waals surface area (Å²) in [5.74, 6) is 0. The zero-order valence-electron chi connectivity index (χ0n) is 15.4. The van der Waals surface area contributed by atoms with Crippen molar-refractivity contribution in [1.29, 1.82) is 0 Å². The van der Waals surface area contributed by atoms with E-state index in [9.17, 15) is 0 Å². The SMILES string of the molecule is C[Si](Cl)(Cl)CC[Si](C)(Cl)Cl.C[Si]1(Cl)CC[Si]2(C)OCCN12.NCCO. The van der Waals surface area contributed by atoms with Crippen molar-refractivity contribution in [1.82, 2.24) is 4.23 Å². The molecule has 2 atom stereocenters. The van der Waals surface area contributed by atoms with E-state index >= 15 is 0 Å². The Kier molecular flexibility index (Phi) is 12.4. The molecule has 0 aromatic carbocycles. The number of rotatable bonds is 4. The molecule has 2 rings (SSSR count). The van der Waals surface area contributed by atoms with Crippen LogP contribution in [0.3, 0.4) is 0 Å². The average Bonchev–Trinajstić information content (AvgIpc) is 2.95. The average molecular weight is 525 g/mol. The van der Waals surface area contributed by atoms with Gasteiger partial charge in [-0.05, 0) is 50.4 Å². The number of fused-ring (bicyclic) bond motifs is 1. The minimum atomic E-state index is -1.96. The van der Waals surface area contributed by atoms with E-state index < -0.39 is 29.4 Å². The minimum absolute atomic E-state index is 0.0972. The lowest BCUT2D eigenvalue weighted by Crippen LogP contribution is -2.51. The maximum atomic E-state index is 7.75. The molecule has 152 valence electrons. The molecular formula is C12H31Cl5N2O2Si4. The summed E-state index contributed by atoms with van der Waals surface area (Å²) in [5, 5.41) is 7.75. The highest BCUT2D eigenvalue weighted by Crippen LogP contribution is 2.42.